The highest BCUT2D eigenvalue weighted by Crippen LogP contribution is 2.48. The molecule has 0 aromatic heterocycles. The van der Waals surface area contributed by atoms with Gasteiger partial charge in [-0.1, -0.05) is 0 Å². The summed E-state index contributed by atoms with van der Waals surface area (Å²) in [6.45, 7) is 7.09. The van der Waals surface area contributed by atoms with Gasteiger partial charge in [0.25, 0.3) is 0 Å². The van der Waals surface area contributed by atoms with E-state index >= 15 is 0 Å². The largest absolute Gasteiger partial charge is 0.477 e. The highest BCUT2D eigenvalue weighted by atomic mass is 16.9. The zero-order valence-corrected chi connectivity index (χ0v) is 11.8. The molecule has 0 aromatic carbocycles. The Morgan fingerprint density at radius 2 is 1.75 bits per heavy atom. The van der Waals surface area contributed by atoms with E-state index in [-0.39, 0.29) is 12.1 Å². The summed E-state index contributed by atoms with van der Waals surface area (Å²) in [6.07, 6.45) is -1.85. The predicted octanol–water partition coefficient (Wildman–Crippen LogP) is -0.356. The molecule has 4 atom stereocenters. The zero-order valence-electron chi connectivity index (χ0n) is 11.8. The molecule has 3 rings (SSSR count). The maximum Gasteiger partial charge on any atom is 0.367 e. The Labute approximate surface area is 116 Å². The Hall–Kier alpha value is -0.770. The van der Waals surface area contributed by atoms with E-state index in [4.69, 9.17) is 23.7 Å². The fraction of sp³-hybridized carbons (Fsp3) is 0.917. The molecule has 20 heavy (non-hydrogen) atoms. The molecule has 3 saturated heterocycles. The fourth-order valence-electron chi connectivity index (χ4n) is 2.82. The van der Waals surface area contributed by atoms with Gasteiger partial charge in [0.1, 0.15) is 12.2 Å². The van der Waals surface area contributed by atoms with Crippen molar-refractivity contribution < 1.29 is 39.1 Å². The van der Waals surface area contributed by atoms with Crippen molar-refractivity contribution >= 4 is 5.97 Å². The molecule has 0 radical (unpaired) electrons. The molecule has 3 heterocycles. The van der Waals surface area contributed by atoms with Crippen LogP contribution in [0.1, 0.15) is 27.7 Å². The number of ether oxygens (including phenoxy) is 5. The first kappa shape index (κ1) is 15.6. The van der Waals surface area contributed by atoms with Gasteiger partial charge in [0.2, 0.25) is 0 Å². The van der Waals surface area contributed by atoms with Crippen LogP contribution in [0.5, 0.6) is 0 Å². The van der Waals surface area contributed by atoms with Gasteiger partial charge in [-0.25, -0.2) is 4.79 Å². The summed E-state index contributed by atoms with van der Waals surface area (Å²) in [4.78, 5) is 11.6. The van der Waals surface area contributed by atoms with Crippen molar-refractivity contribution in [3.63, 3.8) is 0 Å². The fourth-order valence-corrected chi connectivity index (χ4v) is 2.82. The van der Waals surface area contributed by atoms with Crippen LogP contribution in [0.3, 0.4) is 0 Å². The lowest BCUT2D eigenvalue weighted by molar-refractivity contribution is -0.325. The second-order valence-electron chi connectivity index (χ2n) is 5.96. The van der Waals surface area contributed by atoms with E-state index < -0.39 is 41.6 Å². The smallest absolute Gasteiger partial charge is 0.367 e. The summed E-state index contributed by atoms with van der Waals surface area (Å²) in [6, 6.07) is 0. The zero-order chi connectivity index (χ0) is 14.1. The molecule has 0 aromatic rings. The van der Waals surface area contributed by atoms with Crippen LogP contribution < -0.4 is 0 Å². The lowest BCUT2D eigenvalue weighted by Crippen LogP contribution is -2.52. The molecule has 3 aliphatic rings. The summed E-state index contributed by atoms with van der Waals surface area (Å²) in [5.41, 5.74) is 0. The minimum atomic E-state index is -1.82. The molecule has 3 aliphatic heterocycles. The van der Waals surface area contributed by atoms with Crippen LogP contribution in [-0.2, 0) is 28.5 Å². The minimum Gasteiger partial charge on any atom is -0.477 e. The van der Waals surface area contributed by atoms with Crippen LogP contribution in [0.4, 0.5) is 0 Å². The van der Waals surface area contributed by atoms with Crippen LogP contribution in [0.25, 0.3) is 0 Å². The average Bonchev–Trinajstić information content (AvgIpc) is 2.67. The van der Waals surface area contributed by atoms with E-state index in [9.17, 15) is 9.90 Å². The molecule has 3 N–H and O–H groups in total. The number of aliphatic carboxylic acids is 1. The van der Waals surface area contributed by atoms with Crippen LogP contribution in [0, 0.1) is 0 Å². The van der Waals surface area contributed by atoms with Crippen molar-refractivity contribution in [2.24, 2.45) is 0 Å². The van der Waals surface area contributed by atoms with E-state index in [1.54, 1.807) is 27.7 Å². The number of rotatable bonds is 1. The van der Waals surface area contributed by atoms with Crippen molar-refractivity contribution in [3.05, 3.63) is 0 Å². The molecule has 0 saturated carbocycles. The summed E-state index contributed by atoms with van der Waals surface area (Å²) in [7, 11) is 0. The summed E-state index contributed by atoms with van der Waals surface area (Å²) < 4.78 is 28.0. The number of hydrogen-bond donors (Lipinski definition) is 1. The topological polar surface area (TPSA) is 115 Å². The van der Waals surface area contributed by atoms with Gasteiger partial charge in [0.05, 0.1) is 6.61 Å². The van der Waals surface area contributed by atoms with Crippen LogP contribution in [-0.4, -0.2) is 58.8 Å². The number of fused-ring (bicyclic) bond motifs is 3. The molecule has 0 amide bonds. The molecule has 8 nitrogen and oxygen atoms in total. The molecule has 0 unspecified atom stereocenters. The van der Waals surface area contributed by atoms with Gasteiger partial charge >= 0.3 is 11.8 Å². The lowest BCUT2D eigenvalue weighted by Gasteiger charge is -2.38. The van der Waals surface area contributed by atoms with Crippen LogP contribution >= 0.6 is 0 Å². The number of carboxylic acids is 1. The minimum absolute atomic E-state index is 0. The van der Waals surface area contributed by atoms with Crippen LogP contribution in [0.2, 0.25) is 0 Å². The highest BCUT2D eigenvalue weighted by Gasteiger charge is 2.71. The van der Waals surface area contributed by atoms with E-state index in [1.165, 1.54) is 0 Å². The molecular formula is C12H20O8. The van der Waals surface area contributed by atoms with E-state index in [0.717, 1.165) is 0 Å². The normalized spacial score (nSPS) is 44.3. The highest BCUT2D eigenvalue weighted by molar-refractivity contribution is 5.77. The molecule has 116 valence electrons. The third-order valence-corrected chi connectivity index (χ3v) is 3.49. The number of carbonyl (C=O) groups is 1. The Morgan fingerprint density at radius 3 is 2.35 bits per heavy atom. The molecule has 0 bridgehead atoms. The first-order valence-corrected chi connectivity index (χ1v) is 6.26. The van der Waals surface area contributed by atoms with Crippen molar-refractivity contribution in [2.45, 2.75) is 63.4 Å². The van der Waals surface area contributed by atoms with E-state index in [2.05, 4.69) is 0 Å². The summed E-state index contributed by atoms with van der Waals surface area (Å²) >= 11 is 0. The van der Waals surface area contributed by atoms with Gasteiger partial charge in [-0.2, -0.15) is 0 Å². The number of carboxylic acid groups (broad SMARTS) is 1. The second kappa shape index (κ2) is 4.36. The Balaban J connectivity index is 0.00000147. The van der Waals surface area contributed by atoms with E-state index in [0.29, 0.717) is 0 Å². The second-order valence-corrected chi connectivity index (χ2v) is 5.96. The van der Waals surface area contributed by atoms with Gasteiger partial charge in [-0.05, 0) is 27.7 Å². The molecule has 0 spiro atoms. The van der Waals surface area contributed by atoms with Gasteiger partial charge in [-0.15, -0.1) is 0 Å². The van der Waals surface area contributed by atoms with Gasteiger partial charge in [0, 0.05) is 0 Å². The van der Waals surface area contributed by atoms with Crippen molar-refractivity contribution in [2.75, 3.05) is 6.61 Å². The van der Waals surface area contributed by atoms with Gasteiger partial charge in [0.15, 0.2) is 17.7 Å². The van der Waals surface area contributed by atoms with Gasteiger partial charge in [-0.3, -0.25) is 0 Å². The first-order chi connectivity index (χ1) is 8.65. The van der Waals surface area contributed by atoms with E-state index in [1.807, 2.05) is 0 Å². The molecule has 3 fully saturated rings. The molecule has 0 aliphatic carbocycles. The molecule has 8 heteroatoms. The Bertz CT molecular complexity index is 420. The Morgan fingerprint density at radius 1 is 1.10 bits per heavy atom. The summed E-state index contributed by atoms with van der Waals surface area (Å²) in [5, 5.41) is 9.46. The maximum absolute atomic E-state index is 11.6. The third kappa shape index (κ3) is 2.12. The molecular weight excluding hydrogens is 272 g/mol. The third-order valence-electron chi connectivity index (χ3n) is 3.49. The Kier molecular flexibility index (Phi) is 3.40. The number of hydrogen-bond acceptors (Lipinski definition) is 6. The first-order valence-electron chi connectivity index (χ1n) is 6.26. The van der Waals surface area contributed by atoms with Gasteiger partial charge < -0.3 is 34.3 Å². The summed E-state index contributed by atoms with van der Waals surface area (Å²) in [5.74, 6) is -4.85. The monoisotopic (exact) mass is 292 g/mol. The average molecular weight is 292 g/mol. The van der Waals surface area contributed by atoms with Crippen molar-refractivity contribution in [1.82, 2.24) is 0 Å². The van der Waals surface area contributed by atoms with Crippen LogP contribution in [0.15, 0.2) is 0 Å². The SMILES string of the molecule is CC1(C)OC[C@H]2O[C@]3(C(=O)O)OC(C)(C)O[C@@H]3[C@H]2O1.O. The standard InChI is InChI=1S/C12H18O7.H2O/c1-10(2)15-5-6-7(17-10)8-12(16-6,9(13)14)19-11(3,4)18-8;/h6-8H,5H2,1-4H3,(H,13,14);1H2/t6-,7+,8-,12+;/m1./s1. The quantitative estimate of drug-likeness (QED) is 0.702. The predicted molar refractivity (Wildman–Crippen MR) is 63.8 cm³/mol. The maximum atomic E-state index is 11.6. The lowest BCUT2D eigenvalue weighted by atomic mass is 10.0. The van der Waals surface area contributed by atoms with Crippen molar-refractivity contribution in [1.29, 1.82) is 0 Å². The van der Waals surface area contributed by atoms with Crippen molar-refractivity contribution in [3.8, 4) is 0 Å².